The number of nitrogens with zero attached hydrogens (tertiary/aromatic N) is 2. The molecule has 0 radical (unpaired) electrons. The highest BCUT2D eigenvalue weighted by Gasteiger charge is 2.41. The molecule has 1 fully saturated rings. The van der Waals surface area contributed by atoms with Crippen molar-refractivity contribution in [1.82, 2.24) is 4.98 Å². The van der Waals surface area contributed by atoms with Gasteiger partial charge in [-0.15, -0.1) is 11.3 Å². The zero-order valence-corrected chi connectivity index (χ0v) is 15.8. The van der Waals surface area contributed by atoms with Crippen LogP contribution in [0.2, 0.25) is 10.0 Å². The number of carbonyl (C=O) groups is 2. The predicted molar refractivity (Wildman–Crippen MR) is 103 cm³/mol. The van der Waals surface area contributed by atoms with Gasteiger partial charge in [0.15, 0.2) is 4.34 Å². The Labute approximate surface area is 161 Å². The third-order valence-corrected chi connectivity index (χ3v) is 6.63. The van der Waals surface area contributed by atoms with Crippen LogP contribution in [0.4, 0.5) is 5.69 Å². The van der Waals surface area contributed by atoms with Crippen LogP contribution in [0.15, 0.2) is 46.8 Å². The summed E-state index contributed by atoms with van der Waals surface area (Å²) in [6, 6.07) is 12.5. The molecule has 25 heavy (non-hydrogen) atoms. The summed E-state index contributed by atoms with van der Waals surface area (Å²) in [4.78, 5) is 30.8. The van der Waals surface area contributed by atoms with Gasteiger partial charge in [0.25, 0.3) is 0 Å². The van der Waals surface area contributed by atoms with Gasteiger partial charge in [-0.3, -0.25) is 9.59 Å². The van der Waals surface area contributed by atoms with Gasteiger partial charge < -0.3 is 0 Å². The molecule has 4 rings (SSSR count). The number of imide groups is 1. The first kappa shape index (κ1) is 16.8. The number of amides is 2. The fourth-order valence-corrected chi connectivity index (χ4v) is 5.46. The van der Waals surface area contributed by atoms with E-state index in [1.54, 1.807) is 12.1 Å². The molecule has 0 saturated carbocycles. The molecule has 0 bridgehead atoms. The van der Waals surface area contributed by atoms with Crippen molar-refractivity contribution in [1.29, 1.82) is 0 Å². The highest BCUT2D eigenvalue weighted by atomic mass is 35.5. The number of rotatable bonds is 3. The minimum Gasteiger partial charge on any atom is -0.274 e. The third-order valence-electron chi connectivity index (χ3n) is 3.77. The highest BCUT2D eigenvalue weighted by Crippen LogP contribution is 2.39. The number of hydrogen-bond acceptors (Lipinski definition) is 5. The van der Waals surface area contributed by atoms with E-state index in [-0.39, 0.29) is 23.3 Å². The number of fused-ring (bicyclic) bond motifs is 1. The molecule has 1 aliphatic rings. The second-order valence-corrected chi connectivity index (χ2v) is 8.75. The van der Waals surface area contributed by atoms with Crippen molar-refractivity contribution in [2.45, 2.75) is 16.0 Å². The fraction of sp³-hybridized carbons (Fsp3) is 0.118. The minimum absolute atomic E-state index is 0.123. The Balaban J connectivity index is 1.60. The van der Waals surface area contributed by atoms with Gasteiger partial charge in [-0.2, -0.15) is 0 Å². The number of para-hydroxylation sites is 1. The van der Waals surface area contributed by atoms with Crippen LogP contribution >= 0.6 is 46.3 Å². The first-order valence-electron chi connectivity index (χ1n) is 7.37. The summed E-state index contributed by atoms with van der Waals surface area (Å²) in [6.45, 7) is 0. The molecule has 126 valence electrons. The molecular formula is C17H10Cl2N2O2S2. The summed E-state index contributed by atoms with van der Waals surface area (Å²) in [5.74, 6) is -0.550. The lowest BCUT2D eigenvalue weighted by Gasteiger charge is -2.16. The molecule has 0 aliphatic carbocycles. The van der Waals surface area contributed by atoms with E-state index in [2.05, 4.69) is 4.98 Å². The fourth-order valence-electron chi connectivity index (χ4n) is 2.64. The first-order chi connectivity index (χ1) is 12.0. The van der Waals surface area contributed by atoms with Crippen molar-refractivity contribution >= 4 is 74.0 Å². The summed E-state index contributed by atoms with van der Waals surface area (Å²) in [6.07, 6.45) is 0.123. The van der Waals surface area contributed by atoms with E-state index < -0.39 is 5.25 Å². The van der Waals surface area contributed by atoms with Gasteiger partial charge in [0, 0.05) is 11.4 Å². The monoisotopic (exact) mass is 408 g/mol. The molecule has 0 unspecified atom stereocenters. The third kappa shape index (κ3) is 3.15. The lowest BCUT2D eigenvalue weighted by Crippen LogP contribution is -2.31. The number of thioether (sulfide) groups is 1. The maximum atomic E-state index is 12.7. The molecule has 1 atom stereocenters. The zero-order chi connectivity index (χ0) is 17.6. The molecule has 4 nitrogen and oxygen atoms in total. The zero-order valence-electron chi connectivity index (χ0n) is 12.6. The molecule has 2 aromatic carbocycles. The lowest BCUT2D eigenvalue weighted by molar-refractivity contribution is -0.121. The van der Waals surface area contributed by atoms with Gasteiger partial charge in [-0.1, -0.05) is 47.1 Å². The van der Waals surface area contributed by atoms with Crippen LogP contribution in [0.5, 0.6) is 0 Å². The standard InChI is InChI=1S/C17H10Cl2N2O2S2/c18-9-5-6-12(10(19)7-9)21-15(22)8-14(16(21)23)25-17-20-11-3-1-2-4-13(11)24-17/h1-7,14H,8H2/t14-/m0/s1. The Morgan fingerprint density at radius 2 is 1.96 bits per heavy atom. The van der Waals surface area contributed by atoms with Gasteiger partial charge in [-0.05, 0) is 30.3 Å². The van der Waals surface area contributed by atoms with E-state index in [9.17, 15) is 9.59 Å². The Morgan fingerprint density at radius 1 is 1.16 bits per heavy atom. The van der Waals surface area contributed by atoms with Crippen LogP contribution in [0, 0.1) is 0 Å². The first-order valence-corrected chi connectivity index (χ1v) is 9.82. The van der Waals surface area contributed by atoms with Gasteiger partial charge in [-0.25, -0.2) is 9.88 Å². The highest BCUT2D eigenvalue weighted by molar-refractivity contribution is 8.02. The lowest BCUT2D eigenvalue weighted by atomic mass is 10.3. The van der Waals surface area contributed by atoms with Crippen molar-refractivity contribution in [3.8, 4) is 0 Å². The van der Waals surface area contributed by atoms with E-state index in [0.717, 1.165) is 19.5 Å². The molecule has 3 aromatic rings. The predicted octanol–water partition coefficient (Wildman–Crippen LogP) is 5.03. The van der Waals surface area contributed by atoms with Crippen LogP contribution in [0.1, 0.15) is 6.42 Å². The summed E-state index contributed by atoms with van der Waals surface area (Å²) in [5.41, 5.74) is 1.26. The number of hydrogen-bond donors (Lipinski definition) is 0. The van der Waals surface area contributed by atoms with Gasteiger partial charge in [0.1, 0.15) is 5.25 Å². The summed E-state index contributed by atoms with van der Waals surface area (Å²) in [5, 5.41) is 0.230. The Kier molecular flexibility index (Phi) is 4.45. The van der Waals surface area contributed by atoms with Crippen molar-refractivity contribution < 1.29 is 9.59 Å². The number of aromatic nitrogens is 1. The smallest absolute Gasteiger partial charge is 0.247 e. The van der Waals surface area contributed by atoms with E-state index in [0.29, 0.717) is 10.7 Å². The van der Waals surface area contributed by atoms with Crippen LogP contribution in [-0.4, -0.2) is 22.0 Å². The summed E-state index contributed by atoms with van der Waals surface area (Å²) >= 11 is 14.9. The second-order valence-electron chi connectivity index (χ2n) is 5.42. The molecule has 1 saturated heterocycles. The van der Waals surface area contributed by atoms with Crippen molar-refractivity contribution in [2.75, 3.05) is 4.90 Å². The molecule has 2 heterocycles. The Morgan fingerprint density at radius 3 is 2.72 bits per heavy atom. The Hall–Kier alpha value is -1.60. The second kappa shape index (κ2) is 6.61. The van der Waals surface area contributed by atoms with Crippen LogP contribution in [0.25, 0.3) is 10.2 Å². The molecule has 8 heteroatoms. The van der Waals surface area contributed by atoms with E-state index in [1.165, 1.54) is 29.2 Å². The van der Waals surface area contributed by atoms with Crippen LogP contribution in [-0.2, 0) is 9.59 Å². The Bertz CT molecular complexity index is 972. The van der Waals surface area contributed by atoms with Crippen LogP contribution in [0.3, 0.4) is 0 Å². The van der Waals surface area contributed by atoms with E-state index >= 15 is 0 Å². The van der Waals surface area contributed by atoms with Crippen LogP contribution < -0.4 is 4.90 Å². The van der Waals surface area contributed by atoms with Crippen molar-refractivity contribution in [2.24, 2.45) is 0 Å². The summed E-state index contributed by atoms with van der Waals surface area (Å²) < 4.78 is 1.83. The molecule has 0 spiro atoms. The normalized spacial score (nSPS) is 17.7. The quantitative estimate of drug-likeness (QED) is 0.570. The van der Waals surface area contributed by atoms with Gasteiger partial charge >= 0.3 is 0 Å². The van der Waals surface area contributed by atoms with Gasteiger partial charge in [0.2, 0.25) is 11.8 Å². The van der Waals surface area contributed by atoms with E-state index in [1.807, 2.05) is 24.3 Å². The average molecular weight is 409 g/mol. The van der Waals surface area contributed by atoms with Crippen molar-refractivity contribution in [3.05, 3.63) is 52.5 Å². The summed E-state index contributed by atoms with van der Waals surface area (Å²) in [7, 11) is 0. The van der Waals surface area contributed by atoms with Crippen molar-refractivity contribution in [3.63, 3.8) is 0 Å². The van der Waals surface area contributed by atoms with E-state index in [4.69, 9.17) is 23.2 Å². The number of thiazole rings is 1. The number of halogens is 2. The SMILES string of the molecule is O=C1C[C@H](Sc2nc3ccccc3s2)C(=O)N1c1ccc(Cl)cc1Cl. The maximum absolute atomic E-state index is 12.7. The topological polar surface area (TPSA) is 50.3 Å². The molecule has 1 aromatic heterocycles. The average Bonchev–Trinajstić information content (AvgIpc) is 3.09. The molecule has 1 aliphatic heterocycles. The molecule has 0 N–H and O–H groups in total. The number of carbonyl (C=O) groups excluding carboxylic acids is 2. The maximum Gasteiger partial charge on any atom is 0.247 e. The number of anilines is 1. The molecular weight excluding hydrogens is 399 g/mol. The number of benzene rings is 2. The minimum atomic E-state index is -0.500. The largest absolute Gasteiger partial charge is 0.274 e. The van der Waals surface area contributed by atoms with Gasteiger partial charge in [0.05, 0.1) is 20.9 Å². The molecule has 2 amide bonds.